The van der Waals surface area contributed by atoms with Crippen LogP contribution in [-0.4, -0.2) is 18.6 Å². The van der Waals surface area contributed by atoms with Gasteiger partial charge in [-0.3, -0.25) is 4.79 Å². The number of nitrogens with one attached hydrogen (secondary N) is 1. The predicted octanol–water partition coefficient (Wildman–Crippen LogP) is 3.67. The first kappa shape index (κ1) is 16.5. The Hall–Kier alpha value is -1.51. The maximum Gasteiger partial charge on any atom is 0.260 e. The second kappa shape index (κ2) is 7.32. The van der Waals surface area contributed by atoms with Gasteiger partial charge in [0.15, 0.2) is 6.10 Å². The molecule has 1 amide bonds. The van der Waals surface area contributed by atoms with E-state index in [0.29, 0.717) is 6.54 Å². The van der Waals surface area contributed by atoms with Gasteiger partial charge in [-0.1, -0.05) is 46.2 Å². The molecule has 0 aromatic heterocycles. The monoisotopic (exact) mass is 277 g/mol. The molecule has 3 nitrogen and oxygen atoms in total. The minimum Gasteiger partial charge on any atom is -0.481 e. The molecule has 0 radical (unpaired) electrons. The van der Waals surface area contributed by atoms with Crippen molar-refractivity contribution < 1.29 is 9.53 Å². The van der Waals surface area contributed by atoms with Crippen molar-refractivity contribution in [2.24, 2.45) is 0 Å². The molecule has 0 saturated carbocycles. The average Bonchev–Trinajstić information content (AvgIpc) is 2.38. The zero-order chi connectivity index (χ0) is 15.2. The van der Waals surface area contributed by atoms with Crippen molar-refractivity contribution in [3.8, 4) is 5.75 Å². The third-order valence-electron chi connectivity index (χ3n) is 3.23. The van der Waals surface area contributed by atoms with Gasteiger partial charge in [0.1, 0.15) is 5.75 Å². The summed E-state index contributed by atoms with van der Waals surface area (Å²) < 4.78 is 5.66. The Morgan fingerprint density at radius 1 is 1.25 bits per heavy atom. The molecule has 0 aliphatic carbocycles. The summed E-state index contributed by atoms with van der Waals surface area (Å²) in [5.41, 5.74) is 1.38. The summed E-state index contributed by atoms with van der Waals surface area (Å²) in [5, 5.41) is 2.88. The van der Waals surface area contributed by atoms with Crippen LogP contribution >= 0.6 is 0 Å². The van der Waals surface area contributed by atoms with E-state index >= 15 is 0 Å². The van der Waals surface area contributed by atoms with Crippen LogP contribution in [0.15, 0.2) is 24.3 Å². The molecule has 0 bridgehead atoms. The SMILES string of the molecule is CCCCNC(=O)[C@@H](C)Oc1ccc(C(C)(C)C)cc1. The van der Waals surface area contributed by atoms with Crippen LogP contribution in [0.3, 0.4) is 0 Å². The molecule has 0 fully saturated rings. The third kappa shape index (κ3) is 5.24. The quantitative estimate of drug-likeness (QED) is 0.806. The van der Waals surface area contributed by atoms with Crippen molar-refractivity contribution in [2.45, 2.75) is 59.0 Å². The smallest absolute Gasteiger partial charge is 0.260 e. The first-order chi connectivity index (χ1) is 9.34. The number of rotatable bonds is 6. The lowest BCUT2D eigenvalue weighted by Crippen LogP contribution is -2.36. The Morgan fingerprint density at radius 2 is 1.85 bits per heavy atom. The molecule has 0 aliphatic heterocycles. The van der Waals surface area contributed by atoms with Gasteiger partial charge in [0.05, 0.1) is 0 Å². The number of hydrogen-bond donors (Lipinski definition) is 1. The Labute approximate surface area is 122 Å². The second-order valence-electron chi connectivity index (χ2n) is 6.18. The first-order valence-corrected chi connectivity index (χ1v) is 7.39. The Bertz CT molecular complexity index is 418. The summed E-state index contributed by atoms with van der Waals surface area (Å²) in [4.78, 5) is 11.8. The summed E-state index contributed by atoms with van der Waals surface area (Å²) >= 11 is 0. The zero-order valence-electron chi connectivity index (χ0n) is 13.3. The van der Waals surface area contributed by atoms with Crippen LogP contribution < -0.4 is 10.1 Å². The number of carbonyl (C=O) groups excluding carboxylic acids is 1. The van der Waals surface area contributed by atoms with E-state index in [4.69, 9.17) is 4.74 Å². The van der Waals surface area contributed by atoms with Crippen molar-refractivity contribution in [1.29, 1.82) is 0 Å². The Kier molecular flexibility index (Phi) is 6.05. The fourth-order valence-electron chi connectivity index (χ4n) is 1.82. The zero-order valence-corrected chi connectivity index (χ0v) is 13.3. The number of carbonyl (C=O) groups is 1. The summed E-state index contributed by atoms with van der Waals surface area (Å²) in [7, 11) is 0. The average molecular weight is 277 g/mol. The molecule has 0 aliphatic rings. The molecule has 0 unspecified atom stereocenters. The minimum atomic E-state index is -0.465. The fraction of sp³-hybridized carbons (Fsp3) is 0.588. The van der Waals surface area contributed by atoms with E-state index in [0.717, 1.165) is 18.6 Å². The lowest BCUT2D eigenvalue weighted by molar-refractivity contribution is -0.127. The number of hydrogen-bond acceptors (Lipinski definition) is 2. The van der Waals surface area contributed by atoms with Crippen molar-refractivity contribution in [2.75, 3.05) is 6.54 Å². The summed E-state index contributed by atoms with van der Waals surface area (Å²) in [6.07, 6.45) is 1.61. The van der Waals surface area contributed by atoms with Crippen molar-refractivity contribution in [1.82, 2.24) is 5.32 Å². The topological polar surface area (TPSA) is 38.3 Å². The van der Waals surface area contributed by atoms with Gasteiger partial charge < -0.3 is 10.1 Å². The van der Waals surface area contributed by atoms with E-state index in [2.05, 4.69) is 45.1 Å². The normalized spacial score (nSPS) is 12.8. The fourth-order valence-corrected chi connectivity index (χ4v) is 1.82. The molecule has 1 atom stereocenters. The molecule has 1 N–H and O–H groups in total. The number of amides is 1. The van der Waals surface area contributed by atoms with E-state index in [9.17, 15) is 4.79 Å². The molecule has 0 heterocycles. The summed E-state index contributed by atoms with van der Waals surface area (Å²) in [5.74, 6) is 0.675. The standard InChI is InChI=1S/C17H27NO2/c1-6-7-12-18-16(19)13(2)20-15-10-8-14(9-11-15)17(3,4)5/h8-11,13H,6-7,12H2,1-5H3,(H,18,19)/t13-/m1/s1. The van der Waals surface area contributed by atoms with Crippen LogP contribution in [-0.2, 0) is 10.2 Å². The van der Waals surface area contributed by atoms with E-state index in [1.165, 1.54) is 5.56 Å². The minimum absolute atomic E-state index is 0.0571. The molecular weight excluding hydrogens is 250 g/mol. The lowest BCUT2D eigenvalue weighted by Gasteiger charge is -2.20. The Morgan fingerprint density at radius 3 is 2.35 bits per heavy atom. The molecular formula is C17H27NO2. The second-order valence-corrected chi connectivity index (χ2v) is 6.18. The molecule has 20 heavy (non-hydrogen) atoms. The Balaban J connectivity index is 2.53. The number of unbranched alkanes of at least 4 members (excludes halogenated alkanes) is 1. The molecule has 1 aromatic rings. The number of ether oxygens (including phenoxy) is 1. The van der Waals surface area contributed by atoms with Crippen molar-refractivity contribution >= 4 is 5.91 Å². The van der Waals surface area contributed by atoms with Gasteiger partial charge in [0.25, 0.3) is 5.91 Å². The highest BCUT2D eigenvalue weighted by Gasteiger charge is 2.16. The molecule has 0 spiro atoms. The molecule has 0 saturated heterocycles. The highest BCUT2D eigenvalue weighted by molar-refractivity contribution is 5.80. The maximum atomic E-state index is 11.8. The third-order valence-corrected chi connectivity index (χ3v) is 3.23. The summed E-state index contributed by atoms with van der Waals surface area (Å²) in [6, 6.07) is 7.96. The predicted molar refractivity (Wildman–Crippen MR) is 83.1 cm³/mol. The van der Waals surface area contributed by atoms with Crippen LogP contribution in [0.2, 0.25) is 0 Å². The van der Waals surface area contributed by atoms with Gasteiger partial charge >= 0.3 is 0 Å². The molecule has 112 valence electrons. The van der Waals surface area contributed by atoms with Crippen LogP contribution in [0.1, 0.15) is 53.0 Å². The molecule has 3 heteroatoms. The lowest BCUT2D eigenvalue weighted by atomic mass is 9.87. The van der Waals surface area contributed by atoms with E-state index in [1.54, 1.807) is 6.92 Å². The van der Waals surface area contributed by atoms with Gasteiger partial charge in [0, 0.05) is 6.54 Å². The van der Waals surface area contributed by atoms with Gasteiger partial charge in [0.2, 0.25) is 0 Å². The highest BCUT2D eigenvalue weighted by atomic mass is 16.5. The van der Waals surface area contributed by atoms with E-state index in [1.807, 2.05) is 12.1 Å². The highest BCUT2D eigenvalue weighted by Crippen LogP contribution is 2.24. The van der Waals surface area contributed by atoms with E-state index in [-0.39, 0.29) is 11.3 Å². The van der Waals surface area contributed by atoms with E-state index < -0.39 is 6.10 Å². The number of benzene rings is 1. The van der Waals surface area contributed by atoms with Crippen molar-refractivity contribution in [3.63, 3.8) is 0 Å². The van der Waals surface area contributed by atoms with Crippen LogP contribution in [0, 0.1) is 0 Å². The van der Waals surface area contributed by atoms with Crippen LogP contribution in [0.25, 0.3) is 0 Å². The van der Waals surface area contributed by atoms with Gasteiger partial charge in [-0.05, 0) is 36.5 Å². The molecule has 1 rings (SSSR count). The van der Waals surface area contributed by atoms with Gasteiger partial charge in [-0.25, -0.2) is 0 Å². The van der Waals surface area contributed by atoms with Gasteiger partial charge in [-0.15, -0.1) is 0 Å². The maximum absolute atomic E-state index is 11.8. The van der Waals surface area contributed by atoms with Crippen LogP contribution in [0.5, 0.6) is 5.75 Å². The van der Waals surface area contributed by atoms with Gasteiger partial charge in [-0.2, -0.15) is 0 Å². The first-order valence-electron chi connectivity index (χ1n) is 7.39. The molecule has 1 aromatic carbocycles. The van der Waals surface area contributed by atoms with Crippen molar-refractivity contribution in [3.05, 3.63) is 29.8 Å². The van der Waals surface area contributed by atoms with Crippen LogP contribution in [0.4, 0.5) is 0 Å². The largest absolute Gasteiger partial charge is 0.481 e. The summed E-state index contributed by atoms with van der Waals surface area (Å²) in [6.45, 7) is 11.1.